The van der Waals surface area contributed by atoms with Gasteiger partial charge in [0.2, 0.25) is 5.88 Å². The van der Waals surface area contributed by atoms with Crippen molar-refractivity contribution in [3.63, 3.8) is 0 Å². The van der Waals surface area contributed by atoms with E-state index in [1.54, 1.807) is 13.4 Å². The number of anilines is 1. The summed E-state index contributed by atoms with van der Waals surface area (Å²) in [5, 5.41) is 0. The molecule has 0 spiro atoms. The Kier molecular flexibility index (Phi) is 3.27. The first kappa shape index (κ1) is 12.9. The van der Waals surface area contributed by atoms with E-state index in [-0.39, 0.29) is 12.0 Å². The van der Waals surface area contributed by atoms with Gasteiger partial charge in [0.05, 0.1) is 19.1 Å². The molecule has 0 aromatic carbocycles. The standard InChI is InChI=1S/C13H18N6O/c1-18-6-11(17-8-18)9-4-19(5-10(9)14)12-3-13(20-2)16-7-15-12/h3,6-10H,4-5,14H2,1-2H3/t9-,10-/m1/s1. The van der Waals surface area contributed by atoms with E-state index in [0.29, 0.717) is 5.88 Å². The van der Waals surface area contributed by atoms with E-state index in [1.165, 1.54) is 6.33 Å². The van der Waals surface area contributed by atoms with Crippen LogP contribution in [0.1, 0.15) is 11.6 Å². The lowest BCUT2D eigenvalue weighted by Gasteiger charge is -2.16. The molecule has 2 aromatic rings. The number of aryl methyl sites for hydroxylation is 1. The Balaban J connectivity index is 1.80. The van der Waals surface area contributed by atoms with Crippen LogP contribution in [-0.2, 0) is 7.05 Å². The van der Waals surface area contributed by atoms with Gasteiger partial charge in [0.1, 0.15) is 12.1 Å². The maximum absolute atomic E-state index is 6.25. The lowest BCUT2D eigenvalue weighted by molar-refractivity contribution is 0.397. The molecule has 106 valence electrons. The van der Waals surface area contributed by atoms with E-state index in [9.17, 15) is 0 Å². The van der Waals surface area contributed by atoms with Gasteiger partial charge in [-0.1, -0.05) is 0 Å². The summed E-state index contributed by atoms with van der Waals surface area (Å²) in [5.74, 6) is 1.62. The fraction of sp³-hybridized carbons (Fsp3) is 0.462. The fourth-order valence-electron chi connectivity index (χ4n) is 2.57. The molecule has 0 bridgehead atoms. The molecule has 20 heavy (non-hydrogen) atoms. The summed E-state index contributed by atoms with van der Waals surface area (Å²) in [4.78, 5) is 14.9. The summed E-state index contributed by atoms with van der Waals surface area (Å²) in [6, 6.07) is 1.87. The Bertz CT molecular complexity index is 598. The zero-order chi connectivity index (χ0) is 14.1. The molecular weight excluding hydrogens is 256 g/mol. The highest BCUT2D eigenvalue weighted by molar-refractivity contribution is 5.44. The van der Waals surface area contributed by atoms with E-state index in [0.717, 1.165) is 24.6 Å². The predicted octanol–water partition coefficient (Wildman–Crippen LogP) is 0.150. The first-order valence-corrected chi connectivity index (χ1v) is 6.52. The van der Waals surface area contributed by atoms with Crippen LogP contribution in [0, 0.1) is 0 Å². The molecule has 0 radical (unpaired) electrons. The molecule has 0 amide bonds. The van der Waals surface area contributed by atoms with Crippen molar-refractivity contribution in [2.45, 2.75) is 12.0 Å². The highest BCUT2D eigenvalue weighted by Crippen LogP contribution is 2.29. The average molecular weight is 274 g/mol. The number of imidazole rings is 1. The quantitative estimate of drug-likeness (QED) is 0.858. The third-order valence-corrected chi connectivity index (χ3v) is 3.63. The van der Waals surface area contributed by atoms with Crippen molar-refractivity contribution in [1.29, 1.82) is 0 Å². The Labute approximate surface area is 117 Å². The number of aromatic nitrogens is 4. The number of nitrogens with zero attached hydrogens (tertiary/aromatic N) is 5. The van der Waals surface area contributed by atoms with E-state index >= 15 is 0 Å². The summed E-state index contributed by atoms with van der Waals surface area (Å²) < 4.78 is 7.07. The van der Waals surface area contributed by atoms with Gasteiger partial charge in [-0.2, -0.15) is 0 Å². The molecule has 7 nitrogen and oxygen atoms in total. The second-order valence-electron chi connectivity index (χ2n) is 5.06. The topological polar surface area (TPSA) is 82.1 Å². The van der Waals surface area contributed by atoms with Gasteiger partial charge in [0, 0.05) is 44.4 Å². The molecular formula is C13H18N6O. The maximum atomic E-state index is 6.25. The number of ether oxygens (including phenoxy) is 1. The van der Waals surface area contributed by atoms with Crippen LogP contribution in [0.4, 0.5) is 5.82 Å². The second kappa shape index (κ2) is 5.09. The number of rotatable bonds is 3. The van der Waals surface area contributed by atoms with Crippen LogP contribution in [0.3, 0.4) is 0 Å². The molecule has 1 fully saturated rings. The highest BCUT2D eigenvalue weighted by atomic mass is 16.5. The first-order valence-electron chi connectivity index (χ1n) is 6.52. The van der Waals surface area contributed by atoms with Crippen LogP contribution in [-0.4, -0.2) is 45.8 Å². The van der Waals surface area contributed by atoms with Gasteiger partial charge in [-0.25, -0.2) is 15.0 Å². The van der Waals surface area contributed by atoms with Crippen molar-refractivity contribution < 1.29 is 4.74 Å². The third kappa shape index (κ3) is 2.32. The van der Waals surface area contributed by atoms with Crippen LogP contribution >= 0.6 is 0 Å². The summed E-state index contributed by atoms with van der Waals surface area (Å²) in [7, 11) is 3.56. The second-order valence-corrected chi connectivity index (χ2v) is 5.06. The van der Waals surface area contributed by atoms with Gasteiger partial charge in [-0.15, -0.1) is 0 Å². The van der Waals surface area contributed by atoms with Crippen LogP contribution < -0.4 is 15.4 Å². The fourth-order valence-corrected chi connectivity index (χ4v) is 2.57. The lowest BCUT2D eigenvalue weighted by atomic mass is 10.0. The average Bonchev–Trinajstić information content (AvgIpc) is 3.05. The minimum Gasteiger partial charge on any atom is -0.481 e. The van der Waals surface area contributed by atoms with Gasteiger partial charge < -0.3 is 19.9 Å². The third-order valence-electron chi connectivity index (χ3n) is 3.63. The molecule has 1 saturated heterocycles. The van der Waals surface area contributed by atoms with Crippen molar-refractivity contribution in [2.75, 3.05) is 25.1 Å². The zero-order valence-electron chi connectivity index (χ0n) is 11.6. The number of nitrogens with two attached hydrogens (primary N) is 1. The van der Waals surface area contributed by atoms with Crippen LogP contribution in [0.15, 0.2) is 24.9 Å². The lowest BCUT2D eigenvalue weighted by Crippen LogP contribution is -2.29. The molecule has 0 aliphatic carbocycles. The van der Waals surface area contributed by atoms with E-state index in [4.69, 9.17) is 10.5 Å². The van der Waals surface area contributed by atoms with E-state index in [1.807, 2.05) is 23.9 Å². The minimum absolute atomic E-state index is 0.0471. The predicted molar refractivity (Wildman–Crippen MR) is 74.7 cm³/mol. The molecule has 2 aromatic heterocycles. The molecule has 7 heteroatoms. The van der Waals surface area contributed by atoms with Crippen molar-refractivity contribution in [1.82, 2.24) is 19.5 Å². The van der Waals surface area contributed by atoms with Crippen LogP contribution in [0.2, 0.25) is 0 Å². The van der Waals surface area contributed by atoms with E-state index < -0.39 is 0 Å². The zero-order valence-corrected chi connectivity index (χ0v) is 11.6. The smallest absolute Gasteiger partial charge is 0.218 e. The summed E-state index contributed by atoms with van der Waals surface area (Å²) in [6.07, 6.45) is 5.33. The summed E-state index contributed by atoms with van der Waals surface area (Å²) >= 11 is 0. The SMILES string of the molecule is COc1cc(N2C[C@@H](N)[C@H](c3cn(C)cn3)C2)ncn1. The van der Waals surface area contributed by atoms with Crippen LogP contribution in [0.5, 0.6) is 5.88 Å². The summed E-state index contributed by atoms with van der Waals surface area (Å²) in [5.41, 5.74) is 7.28. The normalized spacial score (nSPS) is 22.2. The van der Waals surface area contributed by atoms with Gasteiger partial charge in [0.25, 0.3) is 0 Å². The number of methoxy groups -OCH3 is 1. The largest absolute Gasteiger partial charge is 0.481 e. The molecule has 2 N–H and O–H groups in total. The minimum atomic E-state index is 0.0471. The molecule has 1 aliphatic rings. The maximum Gasteiger partial charge on any atom is 0.218 e. The van der Waals surface area contributed by atoms with E-state index in [2.05, 4.69) is 19.9 Å². The monoisotopic (exact) mass is 274 g/mol. The van der Waals surface area contributed by atoms with Crippen molar-refractivity contribution in [3.8, 4) is 5.88 Å². The van der Waals surface area contributed by atoms with Gasteiger partial charge in [-0.05, 0) is 0 Å². The number of hydrogen-bond acceptors (Lipinski definition) is 6. The van der Waals surface area contributed by atoms with Gasteiger partial charge >= 0.3 is 0 Å². The van der Waals surface area contributed by atoms with Crippen LogP contribution in [0.25, 0.3) is 0 Å². The Hall–Kier alpha value is -2.15. The summed E-state index contributed by atoms with van der Waals surface area (Å²) in [6.45, 7) is 1.56. The highest BCUT2D eigenvalue weighted by Gasteiger charge is 2.33. The molecule has 0 saturated carbocycles. The molecule has 3 rings (SSSR count). The Morgan fingerprint density at radius 1 is 1.30 bits per heavy atom. The molecule has 0 unspecified atom stereocenters. The number of hydrogen-bond donors (Lipinski definition) is 1. The Morgan fingerprint density at radius 3 is 2.85 bits per heavy atom. The Morgan fingerprint density at radius 2 is 2.15 bits per heavy atom. The van der Waals surface area contributed by atoms with Gasteiger partial charge in [0.15, 0.2) is 0 Å². The van der Waals surface area contributed by atoms with Crippen molar-refractivity contribution in [2.24, 2.45) is 12.8 Å². The molecule has 3 heterocycles. The van der Waals surface area contributed by atoms with Gasteiger partial charge in [-0.3, -0.25) is 0 Å². The first-order chi connectivity index (χ1) is 9.67. The molecule has 1 aliphatic heterocycles. The van der Waals surface area contributed by atoms with Crippen molar-refractivity contribution in [3.05, 3.63) is 30.6 Å². The molecule has 2 atom stereocenters. The van der Waals surface area contributed by atoms with Crippen molar-refractivity contribution >= 4 is 5.82 Å².